The zero-order valence-corrected chi connectivity index (χ0v) is 13.6. The van der Waals surface area contributed by atoms with Crippen LogP contribution in [0.1, 0.15) is 16.8 Å². The summed E-state index contributed by atoms with van der Waals surface area (Å²) in [6.07, 6.45) is 1.21. The normalized spacial score (nSPS) is 10.5. The van der Waals surface area contributed by atoms with Gasteiger partial charge in [-0.25, -0.2) is 4.39 Å². The fourth-order valence-electron chi connectivity index (χ4n) is 2.45. The third-order valence-corrected chi connectivity index (χ3v) is 3.75. The number of nitrogens with zero attached hydrogens (tertiary/aromatic N) is 2. The number of benzene rings is 2. The van der Waals surface area contributed by atoms with Crippen LogP contribution in [0, 0.1) is 5.82 Å². The first kappa shape index (κ1) is 17.3. The van der Waals surface area contributed by atoms with Crippen molar-refractivity contribution in [2.24, 2.45) is 0 Å². The molecule has 132 valence electrons. The van der Waals surface area contributed by atoms with Gasteiger partial charge in [0.1, 0.15) is 5.82 Å². The SMILES string of the molecule is O=C(CCn1ncc(=O)c2ccccc21)NNC(=O)c1ccccc1F. The number of aromatic nitrogens is 2. The van der Waals surface area contributed by atoms with Crippen molar-refractivity contribution in [2.75, 3.05) is 0 Å². The number of halogens is 1. The smallest absolute Gasteiger partial charge is 0.272 e. The van der Waals surface area contributed by atoms with Crippen molar-refractivity contribution in [3.63, 3.8) is 0 Å². The molecule has 0 aliphatic carbocycles. The molecule has 1 heterocycles. The van der Waals surface area contributed by atoms with Crippen molar-refractivity contribution in [3.8, 4) is 0 Å². The van der Waals surface area contributed by atoms with Crippen LogP contribution in [-0.2, 0) is 11.3 Å². The Morgan fingerprint density at radius 1 is 1.04 bits per heavy atom. The Balaban J connectivity index is 1.60. The molecule has 0 unspecified atom stereocenters. The molecule has 7 nitrogen and oxygen atoms in total. The van der Waals surface area contributed by atoms with Crippen molar-refractivity contribution in [2.45, 2.75) is 13.0 Å². The fourth-order valence-corrected chi connectivity index (χ4v) is 2.45. The van der Waals surface area contributed by atoms with Crippen LogP contribution in [-0.4, -0.2) is 21.6 Å². The largest absolute Gasteiger partial charge is 0.287 e. The minimum Gasteiger partial charge on any atom is -0.287 e. The van der Waals surface area contributed by atoms with E-state index in [-0.39, 0.29) is 24.0 Å². The second kappa shape index (κ2) is 7.56. The van der Waals surface area contributed by atoms with Gasteiger partial charge < -0.3 is 0 Å². The highest BCUT2D eigenvalue weighted by molar-refractivity contribution is 5.95. The number of para-hydroxylation sites is 1. The summed E-state index contributed by atoms with van der Waals surface area (Å²) in [5.41, 5.74) is 4.65. The Morgan fingerprint density at radius 3 is 2.58 bits per heavy atom. The van der Waals surface area contributed by atoms with Gasteiger partial charge in [-0.1, -0.05) is 24.3 Å². The summed E-state index contributed by atoms with van der Waals surface area (Å²) < 4.78 is 15.0. The summed E-state index contributed by atoms with van der Waals surface area (Å²) in [5, 5.41) is 4.53. The van der Waals surface area contributed by atoms with E-state index < -0.39 is 17.6 Å². The molecule has 0 saturated heterocycles. The van der Waals surface area contributed by atoms with Gasteiger partial charge in [0.15, 0.2) is 0 Å². The van der Waals surface area contributed by atoms with Crippen molar-refractivity contribution in [3.05, 3.63) is 76.3 Å². The molecule has 0 fully saturated rings. The number of aryl methyl sites for hydroxylation is 1. The van der Waals surface area contributed by atoms with E-state index in [0.29, 0.717) is 10.9 Å². The minimum atomic E-state index is -0.747. The highest BCUT2D eigenvalue weighted by Crippen LogP contribution is 2.08. The van der Waals surface area contributed by atoms with Gasteiger partial charge in [0.2, 0.25) is 11.3 Å². The van der Waals surface area contributed by atoms with Crippen LogP contribution in [0.2, 0.25) is 0 Å². The third-order valence-electron chi connectivity index (χ3n) is 3.75. The van der Waals surface area contributed by atoms with Crippen LogP contribution < -0.4 is 16.3 Å². The summed E-state index contributed by atoms with van der Waals surface area (Å²) in [6, 6.07) is 12.4. The lowest BCUT2D eigenvalue weighted by Gasteiger charge is -2.10. The van der Waals surface area contributed by atoms with Crippen LogP contribution in [0.4, 0.5) is 4.39 Å². The van der Waals surface area contributed by atoms with Crippen LogP contribution in [0.15, 0.2) is 59.5 Å². The zero-order valence-electron chi connectivity index (χ0n) is 13.6. The molecule has 3 rings (SSSR count). The van der Waals surface area contributed by atoms with Gasteiger partial charge >= 0.3 is 0 Å². The summed E-state index contributed by atoms with van der Waals surface area (Å²) in [6.45, 7) is 0.211. The van der Waals surface area contributed by atoms with Crippen molar-refractivity contribution in [1.29, 1.82) is 0 Å². The Kier molecular flexibility index (Phi) is 5.02. The predicted octanol–water partition coefficient (Wildman–Crippen LogP) is 1.39. The molecular formula is C18H15FN4O3. The van der Waals surface area contributed by atoms with E-state index in [1.165, 1.54) is 29.1 Å². The number of carbonyl (C=O) groups excluding carboxylic acids is 2. The quantitative estimate of drug-likeness (QED) is 0.693. The van der Waals surface area contributed by atoms with E-state index >= 15 is 0 Å². The number of fused-ring (bicyclic) bond motifs is 1. The first-order valence-electron chi connectivity index (χ1n) is 7.85. The second-order valence-corrected chi connectivity index (χ2v) is 5.48. The maximum Gasteiger partial charge on any atom is 0.272 e. The molecule has 2 aromatic carbocycles. The molecular weight excluding hydrogens is 339 g/mol. The maximum atomic E-state index is 13.5. The van der Waals surface area contributed by atoms with Gasteiger partial charge in [-0.3, -0.25) is 29.9 Å². The lowest BCUT2D eigenvalue weighted by molar-refractivity contribution is -0.122. The predicted molar refractivity (Wildman–Crippen MR) is 92.6 cm³/mol. The zero-order chi connectivity index (χ0) is 18.5. The highest BCUT2D eigenvalue weighted by Gasteiger charge is 2.12. The molecule has 0 atom stereocenters. The van der Waals surface area contributed by atoms with Crippen LogP contribution in [0.25, 0.3) is 10.9 Å². The molecule has 2 amide bonds. The molecule has 26 heavy (non-hydrogen) atoms. The van der Waals surface area contributed by atoms with Gasteiger partial charge in [-0.15, -0.1) is 0 Å². The maximum absolute atomic E-state index is 13.5. The summed E-state index contributed by atoms with van der Waals surface area (Å²) in [7, 11) is 0. The highest BCUT2D eigenvalue weighted by atomic mass is 19.1. The van der Waals surface area contributed by atoms with E-state index in [1.54, 1.807) is 24.3 Å². The molecule has 0 saturated carbocycles. The van der Waals surface area contributed by atoms with Crippen LogP contribution in [0.5, 0.6) is 0 Å². The molecule has 0 aliphatic rings. The first-order chi connectivity index (χ1) is 12.6. The number of amides is 2. The molecule has 0 bridgehead atoms. The van der Waals surface area contributed by atoms with Gasteiger partial charge in [0.25, 0.3) is 5.91 Å². The standard InChI is InChI=1S/C18H15FN4O3/c19-14-7-3-1-5-12(14)18(26)22-21-17(25)9-10-23-15-8-4-2-6-13(15)16(24)11-20-23/h1-8,11H,9-10H2,(H,21,25)(H,22,26). The van der Waals surface area contributed by atoms with E-state index in [2.05, 4.69) is 16.0 Å². The number of rotatable bonds is 4. The number of nitrogens with one attached hydrogen (secondary N) is 2. The Labute approximate surface area is 147 Å². The minimum absolute atomic E-state index is 0.0113. The molecule has 3 aromatic rings. The monoisotopic (exact) mass is 354 g/mol. The molecule has 0 aliphatic heterocycles. The number of hydrazine groups is 1. The number of hydrogen-bond acceptors (Lipinski definition) is 4. The first-order valence-corrected chi connectivity index (χ1v) is 7.85. The Morgan fingerprint density at radius 2 is 1.77 bits per heavy atom. The average molecular weight is 354 g/mol. The van der Waals surface area contributed by atoms with Gasteiger partial charge in [0, 0.05) is 11.8 Å². The Bertz CT molecular complexity index is 1030. The van der Waals surface area contributed by atoms with E-state index in [4.69, 9.17) is 0 Å². The van der Waals surface area contributed by atoms with Crippen molar-refractivity contribution < 1.29 is 14.0 Å². The molecule has 0 spiro atoms. The van der Waals surface area contributed by atoms with Crippen molar-refractivity contribution >= 4 is 22.7 Å². The van der Waals surface area contributed by atoms with Gasteiger partial charge in [-0.05, 0) is 24.3 Å². The third kappa shape index (κ3) is 3.75. The van der Waals surface area contributed by atoms with E-state index in [1.807, 2.05) is 0 Å². The molecule has 1 aromatic heterocycles. The lowest BCUT2D eigenvalue weighted by atomic mass is 10.2. The number of carbonyl (C=O) groups is 2. The van der Waals surface area contributed by atoms with Gasteiger partial charge in [-0.2, -0.15) is 5.10 Å². The topological polar surface area (TPSA) is 93.1 Å². The Hall–Kier alpha value is -3.55. The number of hydrogen-bond donors (Lipinski definition) is 2. The fraction of sp³-hybridized carbons (Fsp3) is 0.111. The summed E-state index contributed by atoms with van der Waals surface area (Å²) in [4.78, 5) is 35.5. The molecule has 0 radical (unpaired) electrons. The summed E-state index contributed by atoms with van der Waals surface area (Å²) >= 11 is 0. The molecule has 8 heteroatoms. The second-order valence-electron chi connectivity index (χ2n) is 5.48. The van der Waals surface area contributed by atoms with Gasteiger partial charge in [0.05, 0.1) is 23.8 Å². The van der Waals surface area contributed by atoms with E-state index in [9.17, 15) is 18.8 Å². The summed E-state index contributed by atoms with van der Waals surface area (Å²) in [5.74, 6) is -1.90. The lowest BCUT2D eigenvalue weighted by Crippen LogP contribution is -2.42. The van der Waals surface area contributed by atoms with Crippen molar-refractivity contribution in [1.82, 2.24) is 20.6 Å². The van der Waals surface area contributed by atoms with E-state index in [0.717, 1.165) is 6.07 Å². The van der Waals surface area contributed by atoms with Crippen LogP contribution >= 0.6 is 0 Å². The van der Waals surface area contributed by atoms with Crippen LogP contribution in [0.3, 0.4) is 0 Å². The molecule has 2 N–H and O–H groups in total. The average Bonchev–Trinajstić information content (AvgIpc) is 2.66.